The first-order valence-corrected chi connectivity index (χ1v) is 10.7. The number of hydrogen-bond donors (Lipinski definition) is 1. The van der Waals surface area contributed by atoms with Crippen molar-refractivity contribution < 1.29 is 14.3 Å². The van der Waals surface area contributed by atoms with Crippen molar-refractivity contribution in [1.82, 2.24) is 9.88 Å². The molecule has 0 spiro atoms. The third kappa shape index (κ3) is 4.49. The molecule has 0 radical (unpaired) electrons. The number of rotatable bonds is 6. The van der Waals surface area contributed by atoms with Gasteiger partial charge in [0.2, 0.25) is 5.91 Å². The maximum absolute atomic E-state index is 12.5. The molecule has 0 saturated carbocycles. The van der Waals surface area contributed by atoms with Crippen LogP contribution in [0.2, 0.25) is 0 Å². The summed E-state index contributed by atoms with van der Waals surface area (Å²) in [6.07, 6.45) is 0.258. The van der Waals surface area contributed by atoms with E-state index in [-0.39, 0.29) is 12.3 Å². The lowest BCUT2D eigenvalue weighted by atomic mass is 10.1. The van der Waals surface area contributed by atoms with E-state index in [1.807, 2.05) is 36.4 Å². The number of nitrogens with one attached hydrogen (secondary N) is 1. The lowest BCUT2D eigenvalue weighted by Crippen LogP contribution is -2.44. The maximum atomic E-state index is 12.5. The molecule has 1 N–H and O–H groups in total. The van der Waals surface area contributed by atoms with Crippen molar-refractivity contribution in [3.8, 4) is 11.5 Å². The monoisotopic (exact) mass is 426 g/mol. The summed E-state index contributed by atoms with van der Waals surface area (Å²) in [6, 6.07) is 11.4. The van der Waals surface area contributed by atoms with E-state index in [9.17, 15) is 4.79 Å². The predicted molar refractivity (Wildman–Crippen MR) is 121 cm³/mol. The number of thiazole rings is 1. The molecule has 8 heteroatoms. The van der Waals surface area contributed by atoms with Gasteiger partial charge in [0.25, 0.3) is 0 Å². The Kier molecular flexibility index (Phi) is 6.06. The van der Waals surface area contributed by atoms with Crippen LogP contribution < -0.4 is 19.7 Å². The van der Waals surface area contributed by atoms with E-state index in [2.05, 4.69) is 22.2 Å². The average molecular weight is 427 g/mol. The molecule has 1 fully saturated rings. The molecular weight excluding hydrogens is 400 g/mol. The molecule has 30 heavy (non-hydrogen) atoms. The third-order valence-electron chi connectivity index (χ3n) is 5.25. The lowest BCUT2D eigenvalue weighted by Gasteiger charge is -2.31. The zero-order valence-corrected chi connectivity index (χ0v) is 18.3. The summed E-state index contributed by atoms with van der Waals surface area (Å²) in [7, 11) is 5.32. The fourth-order valence-electron chi connectivity index (χ4n) is 3.50. The van der Waals surface area contributed by atoms with Gasteiger partial charge in [0.1, 0.15) is 0 Å². The van der Waals surface area contributed by atoms with Crippen molar-refractivity contribution in [2.45, 2.75) is 6.42 Å². The van der Waals surface area contributed by atoms with Crippen molar-refractivity contribution >= 4 is 38.3 Å². The first-order valence-electron chi connectivity index (χ1n) is 9.90. The molecule has 1 aliphatic rings. The van der Waals surface area contributed by atoms with Gasteiger partial charge < -0.3 is 24.6 Å². The number of amides is 1. The highest BCUT2D eigenvalue weighted by atomic mass is 32.1. The molecule has 1 amide bonds. The zero-order valence-electron chi connectivity index (χ0n) is 17.5. The SMILES string of the molecule is COc1ccc(CC(=O)Nc2ccc3nc(N4CCN(C)CC4)sc3c2)cc1OC. The molecule has 158 valence electrons. The molecule has 0 aliphatic carbocycles. The van der Waals surface area contributed by atoms with Gasteiger partial charge >= 0.3 is 0 Å². The molecule has 4 rings (SSSR count). The number of piperazine rings is 1. The van der Waals surface area contributed by atoms with Gasteiger partial charge in [0.05, 0.1) is 30.9 Å². The number of ether oxygens (including phenoxy) is 2. The normalized spacial score (nSPS) is 14.7. The average Bonchev–Trinajstić information content (AvgIpc) is 3.17. The maximum Gasteiger partial charge on any atom is 0.228 e. The Labute approximate surface area is 180 Å². The van der Waals surface area contributed by atoms with Crippen LogP contribution in [0.25, 0.3) is 10.2 Å². The summed E-state index contributed by atoms with van der Waals surface area (Å²) in [4.78, 5) is 22.0. The Balaban J connectivity index is 1.44. The van der Waals surface area contributed by atoms with Crippen LogP contribution in [-0.4, -0.2) is 63.2 Å². The highest BCUT2D eigenvalue weighted by Gasteiger charge is 2.18. The van der Waals surface area contributed by atoms with Crippen LogP contribution in [0, 0.1) is 0 Å². The summed E-state index contributed by atoms with van der Waals surface area (Å²) in [5.74, 6) is 1.18. The Hall–Kier alpha value is -2.84. The van der Waals surface area contributed by atoms with Crippen molar-refractivity contribution in [3.63, 3.8) is 0 Å². The van der Waals surface area contributed by atoms with Crippen LogP contribution in [-0.2, 0) is 11.2 Å². The van der Waals surface area contributed by atoms with Gasteiger partial charge in [-0.3, -0.25) is 4.79 Å². The van der Waals surface area contributed by atoms with E-state index < -0.39 is 0 Å². The fourth-order valence-corrected chi connectivity index (χ4v) is 4.56. The molecule has 0 unspecified atom stereocenters. The van der Waals surface area contributed by atoms with Crippen LogP contribution in [0.3, 0.4) is 0 Å². The van der Waals surface area contributed by atoms with Crippen LogP contribution >= 0.6 is 11.3 Å². The number of carbonyl (C=O) groups is 1. The Morgan fingerprint density at radius 1 is 1.07 bits per heavy atom. The van der Waals surface area contributed by atoms with Crippen molar-refractivity contribution in [2.24, 2.45) is 0 Å². The smallest absolute Gasteiger partial charge is 0.228 e. The predicted octanol–water partition coefficient (Wildman–Crippen LogP) is 3.25. The Morgan fingerprint density at radius 3 is 2.57 bits per heavy atom. The number of fused-ring (bicyclic) bond motifs is 1. The number of carbonyl (C=O) groups excluding carboxylic acids is 1. The summed E-state index contributed by atoms with van der Waals surface area (Å²) in [5, 5.41) is 4.04. The standard InChI is InChI=1S/C22H26N4O3S/c1-25-8-10-26(11-9-25)22-24-17-6-5-16(14-20(17)30-22)23-21(27)13-15-4-7-18(28-2)19(12-15)29-3/h4-7,12,14H,8-11,13H2,1-3H3,(H,23,27). The topological polar surface area (TPSA) is 66.9 Å². The minimum atomic E-state index is -0.0784. The Bertz CT molecular complexity index is 1040. The van der Waals surface area contributed by atoms with E-state index in [1.54, 1.807) is 25.6 Å². The third-order valence-corrected chi connectivity index (χ3v) is 6.33. The number of likely N-dealkylation sites (N-methyl/N-ethyl adjacent to an activating group) is 1. The second-order valence-electron chi connectivity index (χ2n) is 7.38. The minimum absolute atomic E-state index is 0.0784. The van der Waals surface area contributed by atoms with E-state index in [1.165, 1.54) is 0 Å². The summed E-state index contributed by atoms with van der Waals surface area (Å²) >= 11 is 1.67. The second-order valence-corrected chi connectivity index (χ2v) is 8.39. The van der Waals surface area contributed by atoms with E-state index >= 15 is 0 Å². The molecule has 0 atom stereocenters. The number of methoxy groups -OCH3 is 2. The largest absolute Gasteiger partial charge is 0.493 e. The van der Waals surface area contributed by atoms with E-state index in [4.69, 9.17) is 14.5 Å². The van der Waals surface area contributed by atoms with Gasteiger partial charge in [-0.25, -0.2) is 4.98 Å². The summed E-state index contributed by atoms with van der Waals surface area (Å²) in [6.45, 7) is 4.08. The molecule has 1 saturated heterocycles. The van der Waals surface area contributed by atoms with Crippen LogP contribution in [0.4, 0.5) is 10.8 Å². The van der Waals surface area contributed by atoms with Gasteiger partial charge in [-0.05, 0) is 42.9 Å². The van der Waals surface area contributed by atoms with Gasteiger partial charge in [0, 0.05) is 31.9 Å². The molecule has 2 heterocycles. The molecule has 0 bridgehead atoms. The van der Waals surface area contributed by atoms with E-state index in [0.29, 0.717) is 11.5 Å². The van der Waals surface area contributed by atoms with Gasteiger partial charge in [0.15, 0.2) is 16.6 Å². The highest BCUT2D eigenvalue weighted by Crippen LogP contribution is 2.31. The minimum Gasteiger partial charge on any atom is -0.493 e. The Morgan fingerprint density at radius 2 is 1.83 bits per heavy atom. The van der Waals surface area contributed by atoms with Crippen LogP contribution in [0.1, 0.15) is 5.56 Å². The van der Waals surface area contributed by atoms with Crippen molar-refractivity contribution in [1.29, 1.82) is 0 Å². The van der Waals surface area contributed by atoms with Crippen molar-refractivity contribution in [2.75, 3.05) is 57.7 Å². The zero-order chi connectivity index (χ0) is 21.1. The first kappa shape index (κ1) is 20.4. The quantitative estimate of drug-likeness (QED) is 0.653. The van der Waals surface area contributed by atoms with Gasteiger partial charge in [-0.2, -0.15) is 0 Å². The molecular formula is C22H26N4O3S. The fraction of sp³-hybridized carbons (Fsp3) is 0.364. The molecule has 3 aromatic rings. The first-order chi connectivity index (χ1) is 14.6. The van der Waals surface area contributed by atoms with Crippen molar-refractivity contribution in [3.05, 3.63) is 42.0 Å². The summed E-state index contributed by atoms with van der Waals surface area (Å²) in [5.41, 5.74) is 2.61. The number of hydrogen-bond acceptors (Lipinski definition) is 7. The summed E-state index contributed by atoms with van der Waals surface area (Å²) < 4.78 is 11.6. The molecule has 1 aromatic heterocycles. The number of nitrogens with zero attached hydrogens (tertiary/aromatic N) is 3. The number of benzene rings is 2. The highest BCUT2D eigenvalue weighted by molar-refractivity contribution is 7.22. The second kappa shape index (κ2) is 8.89. The lowest BCUT2D eigenvalue weighted by molar-refractivity contribution is -0.115. The van der Waals surface area contributed by atoms with Crippen LogP contribution in [0.5, 0.6) is 11.5 Å². The van der Waals surface area contributed by atoms with E-state index in [0.717, 1.165) is 52.8 Å². The molecule has 2 aromatic carbocycles. The van der Waals surface area contributed by atoms with Crippen LogP contribution in [0.15, 0.2) is 36.4 Å². The van der Waals surface area contributed by atoms with Gasteiger partial charge in [-0.1, -0.05) is 17.4 Å². The molecule has 7 nitrogen and oxygen atoms in total. The number of aromatic nitrogens is 1. The number of anilines is 2. The van der Waals surface area contributed by atoms with Gasteiger partial charge in [-0.15, -0.1) is 0 Å². The molecule has 1 aliphatic heterocycles.